The van der Waals surface area contributed by atoms with Crippen LogP contribution in [-0.4, -0.2) is 0 Å². The molecule has 0 amide bonds. The number of hydrogen-bond donors (Lipinski definition) is 0. The SMILES string of the molecule is [c]1ccccc1Cc1ccco1. The first-order chi connectivity index (χ1) is 5.95. The van der Waals surface area contributed by atoms with Gasteiger partial charge in [-0.25, -0.2) is 0 Å². The van der Waals surface area contributed by atoms with Gasteiger partial charge in [-0.1, -0.05) is 24.3 Å². The van der Waals surface area contributed by atoms with Gasteiger partial charge in [0.15, 0.2) is 0 Å². The van der Waals surface area contributed by atoms with Crippen LogP contribution < -0.4 is 0 Å². The molecule has 1 radical (unpaired) electrons. The average Bonchev–Trinajstić information content (AvgIpc) is 2.59. The van der Waals surface area contributed by atoms with E-state index >= 15 is 0 Å². The summed E-state index contributed by atoms with van der Waals surface area (Å²) in [7, 11) is 0. The fourth-order valence-corrected chi connectivity index (χ4v) is 1.14. The van der Waals surface area contributed by atoms with Crippen molar-refractivity contribution < 1.29 is 4.42 Å². The standard InChI is InChI=1S/C11H9O/c1-2-5-10(6-3-1)9-11-7-4-8-12-11/h1-5,7-8H,9H2. The smallest absolute Gasteiger partial charge is 0.108 e. The lowest BCUT2D eigenvalue weighted by atomic mass is 10.1. The van der Waals surface area contributed by atoms with Crippen molar-refractivity contribution in [1.29, 1.82) is 0 Å². The maximum atomic E-state index is 5.22. The molecule has 0 fully saturated rings. The molecule has 0 unspecified atom stereocenters. The number of rotatable bonds is 2. The first-order valence-electron chi connectivity index (χ1n) is 3.93. The van der Waals surface area contributed by atoms with E-state index in [4.69, 9.17) is 4.42 Å². The molecule has 1 heterocycles. The second kappa shape index (κ2) is 3.26. The lowest BCUT2D eigenvalue weighted by Crippen LogP contribution is -1.83. The first-order valence-corrected chi connectivity index (χ1v) is 3.93. The van der Waals surface area contributed by atoms with E-state index in [0.29, 0.717) is 0 Å². The van der Waals surface area contributed by atoms with Gasteiger partial charge in [-0.15, -0.1) is 0 Å². The molecule has 1 aromatic carbocycles. The maximum absolute atomic E-state index is 5.22. The minimum absolute atomic E-state index is 0.827. The quantitative estimate of drug-likeness (QED) is 0.653. The van der Waals surface area contributed by atoms with Crippen LogP contribution in [0.5, 0.6) is 0 Å². The average molecular weight is 157 g/mol. The van der Waals surface area contributed by atoms with Gasteiger partial charge in [-0.2, -0.15) is 0 Å². The molecule has 1 aromatic heterocycles. The molecular weight excluding hydrogens is 148 g/mol. The third-order valence-electron chi connectivity index (χ3n) is 1.72. The van der Waals surface area contributed by atoms with Gasteiger partial charge >= 0.3 is 0 Å². The lowest BCUT2D eigenvalue weighted by Gasteiger charge is -1.95. The monoisotopic (exact) mass is 157 g/mol. The molecule has 0 saturated heterocycles. The fraction of sp³-hybridized carbons (Fsp3) is 0.0909. The van der Waals surface area contributed by atoms with Crippen molar-refractivity contribution in [3.05, 3.63) is 60.1 Å². The highest BCUT2D eigenvalue weighted by Crippen LogP contribution is 2.08. The van der Waals surface area contributed by atoms with Gasteiger partial charge in [0, 0.05) is 6.42 Å². The van der Waals surface area contributed by atoms with E-state index in [0.717, 1.165) is 17.7 Å². The van der Waals surface area contributed by atoms with Crippen LogP contribution in [-0.2, 0) is 6.42 Å². The van der Waals surface area contributed by atoms with Gasteiger partial charge in [-0.3, -0.25) is 0 Å². The van der Waals surface area contributed by atoms with E-state index in [1.54, 1.807) is 6.26 Å². The van der Waals surface area contributed by atoms with E-state index in [1.807, 2.05) is 36.4 Å². The van der Waals surface area contributed by atoms with E-state index < -0.39 is 0 Å². The van der Waals surface area contributed by atoms with Crippen molar-refractivity contribution >= 4 is 0 Å². The lowest BCUT2D eigenvalue weighted by molar-refractivity contribution is 0.521. The Balaban J connectivity index is 2.15. The van der Waals surface area contributed by atoms with Crippen molar-refractivity contribution in [1.82, 2.24) is 0 Å². The molecule has 0 spiro atoms. The van der Waals surface area contributed by atoms with Crippen LogP contribution in [0.1, 0.15) is 11.3 Å². The Bertz CT molecular complexity index is 321. The summed E-state index contributed by atoms with van der Waals surface area (Å²) in [6.07, 6.45) is 2.52. The summed E-state index contributed by atoms with van der Waals surface area (Å²) < 4.78 is 5.22. The minimum Gasteiger partial charge on any atom is -0.469 e. The predicted octanol–water partition coefficient (Wildman–Crippen LogP) is 2.67. The molecule has 2 aromatic rings. The van der Waals surface area contributed by atoms with Crippen LogP contribution in [0.2, 0.25) is 0 Å². The van der Waals surface area contributed by atoms with Gasteiger partial charge in [0.05, 0.1) is 6.26 Å². The third kappa shape index (κ3) is 1.56. The molecule has 0 saturated carbocycles. The molecule has 12 heavy (non-hydrogen) atoms. The van der Waals surface area contributed by atoms with Crippen molar-refractivity contribution in [3.63, 3.8) is 0 Å². The Morgan fingerprint density at radius 3 is 2.83 bits per heavy atom. The normalized spacial score (nSPS) is 10.0. The van der Waals surface area contributed by atoms with Gasteiger partial charge in [-0.05, 0) is 23.8 Å². The molecule has 0 aliphatic rings. The second-order valence-corrected chi connectivity index (χ2v) is 2.64. The van der Waals surface area contributed by atoms with Gasteiger partial charge in [0.25, 0.3) is 0 Å². The van der Waals surface area contributed by atoms with Gasteiger partial charge in [0.2, 0.25) is 0 Å². The topological polar surface area (TPSA) is 13.1 Å². The van der Waals surface area contributed by atoms with Crippen LogP contribution in [0.3, 0.4) is 0 Å². The number of hydrogen-bond acceptors (Lipinski definition) is 1. The Hall–Kier alpha value is -1.50. The Labute approximate surface area is 71.6 Å². The molecular formula is C11H9O. The van der Waals surface area contributed by atoms with Crippen molar-refractivity contribution in [2.75, 3.05) is 0 Å². The Kier molecular flexibility index (Phi) is 1.95. The van der Waals surface area contributed by atoms with Crippen LogP contribution in [0.25, 0.3) is 0 Å². The number of furan rings is 1. The first kappa shape index (κ1) is 7.17. The highest BCUT2D eigenvalue weighted by atomic mass is 16.3. The molecule has 0 aliphatic heterocycles. The van der Waals surface area contributed by atoms with Crippen molar-refractivity contribution in [3.8, 4) is 0 Å². The Morgan fingerprint density at radius 1 is 1.17 bits per heavy atom. The number of benzene rings is 1. The van der Waals surface area contributed by atoms with Gasteiger partial charge in [0.1, 0.15) is 5.76 Å². The molecule has 1 heteroatoms. The van der Waals surface area contributed by atoms with Crippen LogP contribution in [0, 0.1) is 6.07 Å². The van der Waals surface area contributed by atoms with E-state index in [2.05, 4.69) is 6.07 Å². The summed E-state index contributed by atoms with van der Waals surface area (Å²) in [4.78, 5) is 0. The zero-order valence-electron chi connectivity index (χ0n) is 6.66. The summed E-state index contributed by atoms with van der Waals surface area (Å²) in [5.41, 5.74) is 1.16. The molecule has 0 atom stereocenters. The highest BCUT2D eigenvalue weighted by molar-refractivity contribution is 5.18. The zero-order chi connectivity index (χ0) is 8.23. The van der Waals surface area contributed by atoms with Crippen LogP contribution in [0.4, 0.5) is 0 Å². The third-order valence-corrected chi connectivity index (χ3v) is 1.72. The zero-order valence-corrected chi connectivity index (χ0v) is 6.66. The Morgan fingerprint density at radius 2 is 2.17 bits per heavy atom. The molecule has 0 aliphatic carbocycles. The van der Waals surface area contributed by atoms with Crippen LogP contribution in [0.15, 0.2) is 47.1 Å². The molecule has 59 valence electrons. The van der Waals surface area contributed by atoms with E-state index in [-0.39, 0.29) is 0 Å². The predicted molar refractivity (Wildman–Crippen MR) is 46.8 cm³/mol. The van der Waals surface area contributed by atoms with Crippen molar-refractivity contribution in [2.24, 2.45) is 0 Å². The molecule has 1 nitrogen and oxygen atoms in total. The summed E-state index contributed by atoms with van der Waals surface area (Å²) >= 11 is 0. The minimum atomic E-state index is 0.827. The summed E-state index contributed by atoms with van der Waals surface area (Å²) in [6.45, 7) is 0. The van der Waals surface area contributed by atoms with Crippen molar-refractivity contribution in [2.45, 2.75) is 6.42 Å². The summed E-state index contributed by atoms with van der Waals surface area (Å²) in [5.74, 6) is 0.984. The molecule has 0 N–H and O–H groups in total. The van der Waals surface area contributed by atoms with Crippen LogP contribution >= 0.6 is 0 Å². The summed E-state index contributed by atoms with van der Waals surface area (Å²) in [6, 6.07) is 15.0. The fourth-order valence-electron chi connectivity index (χ4n) is 1.14. The highest BCUT2D eigenvalue weighted by Gasteiger charge is 1.96. The van der Waals surface area contributed by atoms with E-state index in [9.17, 15) is 0 Å². The second-order valence-electron chi connectivity index (χ2n) is 2.64. The maximum Gasteiger partial charge on any atom is 0.108 e. The van der Waals surface area contributed by atoms with Gasteiger partial charge < -0.3 is 4.42 Å². The largest absolute Gasteiger partial charge is 0.469 e. The van der Waals surface area contributed by atoms with E-state index in [1.165, 1.54) is 0 Å². The molecule has 0 bridgehead atoms. The molecule has 2 rings (SSSR count). The summed E-state index contributed by atoms with van der Waals surface area (Å²) in [5, 5.41) is 0.